The number of anilines is 1. The first kappa shape index (κ1) is 18.1. The number of sulfonamides is 1. The maximum Gasteiger partial charge on any atom is 0.225 e. The van der Waals surface area contributed by atoms with Crippen molar-refractivity contribution in [3.8, 4) is 0 Å². The number of aromatic nitrogens is 1. The molecule has 0 aliphatic rings. The van der Waals surface area contributed by atoms with Gasteiger partial charge in [0.15, 0.2) is 0 Å². The Morgan fingerprint density at radius 2 is 1.83 bits per heavy atom. The number of pyridine rings is 1. The van der Waals surface area contributed by atoms with Gasteiger partial charge in [-0.1, -0.05) is 18.2 Å². The second-order valence-corrected chi connectivity index (χ2v) is 7.55. The molecule has 0 aliphatic heterocycles. The van der Waals surface area contributed by atoms with Gasteiger partial charge in [0.1, 0.15) is 0 Å². The predicted molar refractivity (Wildman–Crippen MR) is 93.9 cm³/mol. The van der Waals surface area contributed by atoms with Crippen LogP contribution in [0.4, 0.5) is 5.69 Å². The Balaban J connectivity index is 1.98. The van der Waals surface area contributed by atoms with Gasteiger partial charge in [0.25, 0.3) is 0 Å². The summed E-state index contributed by atoms with van der Waals surface area (Å²) in [6, 6.07) is 11.0. The lowest BCUT2D eigenvalue weighted by molar-refractivity contribution is -0.116. The number of carbonyl (C=O) groups excluding carboxylic acids is 1. The molecule has 0 fully saturated rings. The number of aryl methyl sites for hydroxylation is 1. The molecule has 0 unspecified atom stereocenters. The molecule has 1 aromatic carbocycles. The zero-order valence-corrected chi connectivity index (χ0v) is 14.6. The minimum absolute atomic E-state index is 0.0898. The number of benzene rings is 1. The number of hydrogen-bond acceptors (Lipinski definition) is 4. The third-order valence-electron chi connectivity index (χ3n) is 3.58. The molecule has 0 atom stereocenters. The van der Waals surface area contributed by atoms with Gasteiger partial charge in [-0.25, -0.2) is 8.42 Å². The zero-order valence-electron chi connectivity index (χ0n) is 13.8. The highest BCUT2D eigenvalue weighted by molar-refractivity contribution is 7.88. The molecule has 1 N–H and O–H groups in total. The van der Waals surface area contributed by atoms with E-state index in [1.54, 1.807) is 24.5 Å². The summed E-state index contributed by atoms with van der Waals surface area (Å²) >= 11 is 0. The summed E-state index contributed by atoms with van der Waals surface area (Å²) in [5.74, 6) is -0.215. The number of carbonyl (C=O) groups is 1. The number of hydrogen-bond donors (Lipinski definition) is 1. The molecule has 128 valence electrons. The molecule has 1 amide bonds. The van der Waals surface area contributed by atoms with E-state index in [0.29, 0.717) is 0 Å². The Hall–Kier alpha value is -2.25. The molecule has 24 heavy (non-hydrogen) atoms. The fraction of sp³-hybridized carbons (Fsp3) is 0.294. The molecule has 0 aliphatic carbocycles. The third-order valence-corrected chi connectivity index (χ3v) is 4.83. The predicted octanol–water partition coefficient (Wildman–Crippen LogP) is 2.18. The largest absolute Gasteiger partial charge is 0.326 e. The summed E-state index contributed by atoms with van der Waals surface area (Å²) < 4.78 is 25.2. The van der Waals surface area contributed by atoms with E-state index in [2.05, 4.69) is 10.3 Å². The van der Waals surface area contributed by atoms with Crippen molar-refractivity contribution in [2.24, 2.45) is 0 Å². The smallest absolute Gasteiger partial charge is 0.225 e. The Bertz CT molecular complexity index is 792. The van der Waals surface area contributed by atoms with Crippen LogP contribution in [0.1, 0.15) is 17.5 Å². The molecule has 6 nitrogen and oxygen atoms in total. The minimum atomic E-state index is -3.41. The summed E-state index contributed by atoms with van der Waals surface area (Å²) in [6.45, 7) is 2.25. The average molecular weight is 347 g/mol. The molecule has 0 bridgehead atoms. The van der Waals surface area contributed by atoms with Crippen LogP contribution in [0.2, 0.25) is 0 Å². The van der Waals surface area contributed by atoms with Crippen molar-refractivity contribution >= 4 is 21.6 Å². The van der Waals surface area contributed by atoms with E-state index in [1.165, 1.54) is 4.31 Å². The van der Waals surface area contributed by atoms with Crippen molar-refractivity contribution in [2.75, 3.05) is 18.1 Å². The summed E-state index contributed by atoms with van der Waals surface area (Å²) in [5, 5.41) is 2.81. The van der Waals surface area contributed by atoms with Gasteiger partial charge >= 0.3 is 0 Å². The lowest BCUT2D eigenvalue weighted by Gasteiger charge is -2.20. The van der Waals surface area contributed by atoms with Gasteiger partial charge in [0.05, 0.1) is 6.26 Å². The maximum absolute atomic E-state index is 12.1. The van der Waals surface area contributed by atoms with Crippen molar-refractivity contribution in [1.29, 1.82) is 0 Å². The third kappa shape index (κ3) is 5.43. The molecule has 0 saturated heterocycles. The van der Waals surface area contributed by atoms with Gasteiger partial charge in [-0.2, -0.15) is 4.31 Å². The number of nitrogens with zero attached hydrogens (tertiary/aromatic N) is 2. The first-order valence-electron chi connectivity index (χ1n) is 7.56. The minimum Gasteiger partial charge on any atom is -0.326 e. The fourth-order valence-corrected chi connectivity index (χ4v) is 3.01. The summed E-state index contributed by atoms with van der Waals surface area (Å²) in [5.41, 5.74) is 2.53. The molecule has 0 spiro atoms. The first-order valence-corrected chi connectivity index (χ1v) is 9.40. The number of para-hydroxylation sites is 1. The van der Waals surface area contributed by atoms with Gasteiger partial charge in [0, 0.05) is 37.6 Å². The van der Waals surface area contributed by atoms with Gasteiger partial charge in [-0.3, -0.25) is 9.78 Å². The number of rotatable bonds is 7. The van der Waals surface area contributed by atoms with E-state index in [9.17, 15) is 13.2 Å². The molecule has 2 aromatic rings. The van der Waals surface area contributed by atoms with Crippen LogP contribution in [0, 0.1) is 6.92 Å². The van der Waals surface area contributed by atoms with E-state index in [4.69, 9.17) is 0 Å². The fourth-order valence-electron chi connectivity index (χ4n) is 2.21. The quantitative estimate of drug-likeness (QED) is 0.832. The first-order chi connectivity index (χ1) is 11.4. The molecule has 2 rings (SSSR count). The molecule has 0 radical (unpaired) electrons. The van der Waals surface area contributed by atoms with Crippen molar-refractivity contribution in [2.45, 2.75) is 19.9 Å². The van der Waals surface area contributed by atoms with Crippen LogP contribution in [0.15, 0.2) is 48.8 Å². The van der Waals surface area contributed by atoms with Gasteiger partial charge in [0.2, 0.25) is 15.9 Å². The maximum atomic E-state index is 12.1. The van der Waals surface area contributed by atoms with E-state index in [0.717, 1.165) is 23.1 Å². The molecule has 7 heteroatoms. The van der Waals surface area contributed by atoms with Crippen LogP contribution in [-0.2, 0) is 21.4 Å². The van der Waals surface area contributed by atoms with Crippen molar-refractivity contribution in [3.63, 3.8) is 0 Å². The molecular weight excluding hydrogens is 326 g/mol. The summed E-state index contributed by atoms with van der Waals surface area (Å²) in [4.78, 5) is 16.0. The molecule has 1 heterocycles. The SMILES string of the molecule is Cc1ccccc1NC(=O)CCN(Cc1ccncc1)S(C)(=O)=O. The van der Waals surface area contributed by atoms with Crippen molar-refractivity contribution in [3.05, 3.63) is 59.9 Å². The normalized spacial score (nSPS) is 11.5. The van der Waals surface area contributed by atoms with Gasteiger partial charge < -0.3 is 5.32 Å². The Morgan fingerprint density at radius 1 is 1.17 bits per heavy atom. The summed E-state index contributed by atoms with van der Waals surface area (Å²) in [6.07, 6.45) is 4.46. The van der Waals surface area contributed by atoms with Crippen LogP contribution >= 0.6 is 0 Å². The van der Waals surface area contributed by atoms with E-state index in [1.807, 2.05) is 31.2 Å². The Kier molecular flexibility index (Phi) is 6.05. The van der Waals surface area contributed by atoms with Gasteiger partial charge in [-0.05, 0) is 36.2 Å². The lowest BCUT2D eigenvalue weighted by atomic mass is 10.2. The highest BCUT2D eigenvalue weighted by Crippen LogP contribution is 2.14. The van der Waals surface area contributed by atoms with Crippen LogP contribution in [0.25, 0.3) is 0 Å². The molecule has 0 saturated carbocycles. The van der Waals surface area contributed by atoms with Crippen molar-refractivity contribution < 1.29 is 13.2 Å². The topological polar surface area (TPSA) is 79.4 Å². The second kappa shape index (κ2) is 8.03. The zero-order chi connectivity index (χ0) is 17.6. The molecular formula is C17H21N3O3S. The Labute approximate surface area is 142 Å². The van der Waals surface area contributed by atoms with E-state index in [-0.39, 0.29) is 25.4 Å². The highest BCUT2D eigenvalue weighted by Gasteiger charge is 2.18. The Morgan fingerprint density at radius 3 is 2.46 bits per heavy atom. The number of amides is 1. The molecule has 1 aromatic heterocycles. The second-order valence-electron chi connectivity index (χ2n) is 5.57. The van der Waals surface area contributed by atoms with E-state index >= 15 is 0 Å². The average Bonchev–Trinajstić information content (AvgIpc) is 2.53. The summed E-state index contributed by atoms with van der Waals surface area (Å²) in [7, 11) is -3.41. The highest BCUT2D eigenvalue weighted by atomic mass is 32.2. The van der Waals surface area contributed by atoms with Crippen LogP contribution in [0.5, 0.6) is 0 Å². The number of nitrogens with one attached hydrogen (secondary N) is 1. The van der Waals surface area contributed by atoms with Crippen LogP contribution in [0.3, 0.4) is 0 Å². The standard InChI is InChI=1S/C17H21N3O3S/c1-14-5-3-4-6-16(14)19-17(21)9-12-20(24(2,22)23)13-15-7-10-18-11-8-15/h3-8,10-11H,9,12-13H2,1-2H3,(H,19,21). The van der Waals surface area contributed by atoms with Gasteiger partial charge in [-0.15, -0.1) is 0 Å². The van der Waals surface area contributed by atoms with Crippen LogP contribution in [-0.4, -0.2) is 36.4 Å². The van der Waals surface area contributed by atoms with E-state index < -0.39 is 10.0 Å². The monoisotopic (exact) mass is 347 g/mol. The van der Waals surface area contributed by atoms with Crippen LogP contribution < -0.4 is 5.32 Å². The lowest BCUT2D eigenvalue weighted by Crippen LogP contribution is -2.32. The van der Waals surface area contributed by atoms with Crippen molar-refractivity contribution in [1.82, 2.24) is 9.29 Å².